The molecule has 4 heteroatoms. The molecule has 0 saturated heterocycles. The maximum Gasteiger partial charge on any atom is 0.224 e. The Kier molecular flexibility index (Phi) is 4.85. The molecule has 2 aromatic rings. The molecule has 0 aliphatic heterocycles. The number of carbonyl (C=O) groups is 1. The predicted octanol–water partition coefficient (Wildman–Crippen LogP) is 2.14. The smallest absolute Gasteiger partial charge is 0.224 e. The summed E-state index contributed by atoms with van der Waals surface area (Å²) in [6.45, 7) is 0.964. The first-order valence-electron chi connectivity index (χ1n) is 6.46. The van der Waals surface area contributed by atoms with Gasteiger partial charge in [0.1, 0.15) is 5.82 Å². The summed E-state index contributed by atoms with van der Waals surface area (Å²) >= 11 is 0. The fourth-order valence-electron chi connectivity index (χ4n) is 1.89. The van der Waals surface area contributed by atoms with Gasteiger partial charge < -0.3 is 11.1 Å². The average molecular weight is 272 g/mol. The van der Waals surface area contributed by atoms with Crippen LogP contribution in [0.2, 0.25) is 0 Å². The highest BCUT2D eigenvalue weighted by molar-refractivity contribution is 5.78. The monoisotopic (exact) mass is 272 g/mol. The van der Waals surface area contributed by atoms with Crippen molar-refractivity contribution in [2.75, 3.05) is 0 Å². The Bertz CT molecular complexity index is 581. The minimum absolute atomic E-state index is 0.126. The molecule has 3 N–H and O–H groups in total. The summed E-state index contributed by atoms with van der Waals surface area (Å²) in [5.74, 6) is -0.453. The summed E-state index contributed by atoms with van der Waals surface area (Å²) in [6, 6.07) is 13.8. The van der Waals surface area contributed by atoms with Gasteiger partial charge in [0, 0.05) is 13.1 Å². The molecule has 0 heterocycles. The molecule has 3 nitrogen and oxygen atoms in total. The second kappa shape index (κ2) is 6.82. The Balaban J connectivity index is 1.85. The third-order valence-corrected chi connectivity index (χ3v) is 3.00. The van der Waals surface area contributed by atoms with E-state index >= 15 is 0 Å². The SMILES string of the molecule is NCc1ccc(CNC(=O)Cc2cccc(F)c2)cc1. The van der Waals surface area contributed by atoms with Crippen LogP contribution >= 0.6 is 0 Å². The van der Waals surface area contributed by atoms with Gasteiger partial charge in [0.25, 0.3) is 0 Å². The minimum Gasteiger partial charge on any atom is -0.352 e. The van der Waals surface area contributed by atoms with Crippen LogP contribution in [0.15, 0.2) is 48.5 Å². The van der Waals surface area contributed by atoms with Gasteiger partial charge in [-0.1, -0.05) is 36.4 Å². The summed E-state index contributed by atoms with van der Waals surface area (Å²) in [7, 11) is 0. The number of nitrogens with two attached hydrogens (primary N) is 1. The van der Waals surface area contributed by atoms with Crippen LogP contribution in [-0.2, 0) is 24.3 Å². The zero-order valence-electron chi connectivity index (χ0n) is 11.1. The molecule has 0 aromatic heterocycles. The Morgan fingerprint density at radius 3 is 2.40 bits per heavy atom. The van der Waals surface area contributed by atoms with Crippen LogP contribution in [0.3, 0.4) is 0 Å². The summed E-state index contributed by atoms with van der Waals surface area (Å²) in [4.78, 5) is 11.8. The fourth-order valence-corrected chi connectivity index (χ4v) is 1.89. The van der Waals surface area contributed by atoms with Gasteiger partial charge in [-0.25, -0.2) is 4.39 Å². The van der Waals surface area contributed by atoms with Gasteiger partial charge >= 0.3 is 0 Å². The van der Waals surface area contributed by atoms with Gasteiger partial charge in [-0.2, -0.15) is 0 Å². The lowest BCUT2D eigenvalue weighted by molar-refractivity contribution is -0.120. The highest BCUT2D eigenvalue weighted by Gasteiger charge is 2.04. The molecule has 2 aromatic carbocycles. The van der Waals surface area contributed by atoms with Crippen LogP contribution in [0.5, 0.6) is 0 Å². The normalized spacial score (nSPS) is 10.3. The number of nitrogens with one attached hydrogen (secondary N) is 1. The molecule has 2 rings (SSSR count). The van der Waals surface area contributed by atoms with Crippen LogP contribution in [0.25, 0.3) is 0 Å². The maximum absolute atomic E-state index is 13.0. The Labute approximate surface area is 117 Å². The topological polar surface area (TPSA) is 55.1 Å². The van der Waals surface area contributed by atoms with Crippen molar-refractivity contribution in [1.82, 2.24) is 5.32 Å². The first-order valence-corrected chi connectivity index (χ1v) is 6.46. The molecule has 104 valence electrons. The third kappa shape index (κ3) is 4.17. The first kappa shape index (κ1) is 14.2. The summed E-state index contributed by atoms with van der Waals surface area (Å²) in [6.07, 6.45) is 0.179. The summed E-state index contributed by atoms with van der Waals surface area (Å²) < 4.78 is 13.0. The van der Waals surface area contributed by atoms with E-state index in [0.717, 1.165) is 11.1 Å². The molecular formula is C16H17FN2O. The molecular weight excluding hydrogens is 255 g/mol. The highest BCUT2D eigenvalue weighted by Crippen LogP contribution is 2.06. The molecule has 0 atom stereocenters. The molecule has 0 radical (unpaired) electrons. The number of carbonyl (C=O) groups excluding carboxylic acids is 1. The standard InChI is InChI=1S/C16H17FN2O/c17-15-3-1-2-14(8-15)9-16(20)19-11-13-6-4-12(10-18)5-7-13/h1-8H,9-11,18H2,(H,19,20). The van der Waals surface area contributed by atoms with E-state index in [9.17, 15) is 9.18 Å². The lowest BCUT2D eigenvalue weighted by Crippen LogP contribution is -2.24. The van der Waals surface area contributed by atoms with Crippen LogP contribution in [0.1, 0.15) is 16.7 Å². The van der Waals surface area contributed by atoms with Crippen molar-refractivity contribution < 1.29 is 9.18 Å². The number of amides is 1. The number of halogens is 1. The molecule has 0 saturated carbocycles. The van der Waals surface area contributed by atoms with Crippen molar-refractivity contribution in [3.8, 4) is 0 Å². The predicted molar refractivity (Wildman–Crippen MR) is 76.3 cm³/mol. The molecule has 0 fully saturated rings. The van der Waals surface area contributed by atoms with Gasteiger partial charge in [0.05, 0.1) is 6.42 Å². The Morgan fingerprint density at radius 2 is 1.75 bits per heavy atom. The van der Waals surface area contributed by atoms with E-state index in [0.29, 0.717) is 18.7 Å². The quantitative estimate of drug-likeness (QED) is 0.876. The Morgan fingerprint density at radius 1 is 1.05 bits per heavy atom. The van der Waals surface area contributed by atoms with Gasteiger partial charge in [-0.05, 0) is 28.8 Å². The largest absolute Gasteiger partial charge is 0.352 e. The van der Waals surface area contributed by atoms with E-state index in [1.54, 1.807) is 12.1 Å². The van der Waals surface area contributed by atoms with Crippen LogP contribution in [0.4, 0.5) is 4.39 Å². The molecule has 0 spiro atoms. The lowest BCUT2D eigenvalue weighted by atomic mass is 10.1. The van der Waals surface area contributed by atoms with Crippen molar-refractivity contribution in [3.05, 3.63) is 71.0 Å². The van der Waals surface area contributed by atoms with Gasteiger partial charge in [-0.15, -0.1) is 0 Å². The van der Waals surface area contributed by atoms with Crippen molar-refractivity contribution in [1.29, 1.82) is 0 Å². The van der Waals surface area contributed by atoms with E-state index in [1.165, 1.54) is 12.1 Å². The number of benzene rings is 2. The van der Waals surface area contributed by atoms with Crippen molar-refractivity contribution >= 4 is 5.91 Å². The zero-order chi connectivity index (χ0) is 14.4. The van der Waals surface area contributed by atoms with Crippen LogP contribution in [0, 0.1) is 5.82 Å². The van der Waals surface area contributed by atoms with Crippen molar-refractivity contribution in [2.45, 2.75) is 19.5 Å². The van der Waals surface area contributed by atoms with E-state index in [1.807, 2.05) is 24.3 Å². The summed E-state index contributed by atoms with van der Waals surface area (Å²) in [5.41, 5.74) is 8.25. The van der Waals surface area contributed by atoms with E-state index in [2.05, 4.69) is 5.32 Å². The van der Waals surface area contributed by atoms with Crippen molar-refractivity contribution in [3.63, 3.8) is 0 Å². The second-order valence-corrected chi connectivity index (χ2v) is 4.60. The highest BCUT2D eigenvalue weighted by atomic mass is 19.1. The molecule has 0 aliphatic carbocycles. The van der Waals surface area contributed by atoms with Gasteiger partial charge in [0.15, 0.2) is 0 Å². The minimum atomic E-state index is -0.326. The fraction of sp³-hybridized carbons (Fsp3) is 0.188. The second-order valence-electron chi connectivity index (χ2n) is 4.60. The molecule has 20 heavy (non-hydrogen) atoms. The van der Waals surface area contributed by atoms with Gasteiger partial charge in [0.2, 0.25) is 5.91 Å². The number of hydrogen-bond acceptors (Lipinski definition) is 2. The summed E-state index contributed by atoms with van der Waals surface area (Å²) in [5, 5.41) is 2.81. The molecule has 1 amide bonds. The maximum atomic E-state index is 13.0. The van der Waals surface area contributed by atoms with E-state index < -0.39 is 0 Å². The first-order chi connectivity index (χ1) is 9.67. The average Bonchev–Trinajstić information content (AvgIpc) is 2.46. The Hall–Kier alpha value is -2.20. The van der Waals surface area contributed by atoms with Gasteiger partial charge in [-0.3, -0.25) is 4.79 Å². The lowest BCUT2D eigenvalue weighted by Gasteiger charge is -2.06. The van der Waals surface area contributed by atoms with Crippen LogP contribution < -0.4 is 11.1 Å². The molecule has 0 bridgehead atoms. The van der Waals surface area contributed by atoms with E-state index in [-0.39, 0.29) is 18.1 Å². The molecule has 0 unspecified atom stereocenters. The van der Waals surface area contributed by atoms with E-state index in [4.69, 9.17) is 5.73 Å². The number of rotatable bonds is 5. The zero-order valence-corrected chi connectivity index (χ0v) is 11.1. The third-order valence-electron chi connectivity index (χ3n) is 3.00. The van der Waals surface area contributed by atoms with Crippen LogP contribution in [-0.4, -0.2) is 5.91 Å². The number of hydrogen-bond donors (Lipinski definition) is 2. The van der Waals surface area contributed by atoms with Crippen molar-refractivity contribution in [2.24, 2.45) is 5.73 Å². The molecule has 0 aliphatic rings.